The van der Waals surface area contributed by atoms with Crippen LogP contribution in [0, 0.1) is 17.2 Å². The lowest BCUT2D eigenvalue weighted by atomic mass is 9.66. The van der Waals surface area contributed by atoms with Crippen molar-refractivity contribution in [3.63, 3.8) is 0 Å². The first-order valence-corrected chi connectivity index (χ1v) is 10.1. The average molecular weight is 398 g/mol. The molecule has 154 valence electrons. The van der Waals surface area contributed by atoms with E-state index in [9.17, 15) is 14.0 Å². The molecule has 2 unspecified atom stereocenters. The van der Waals surface area contributed by atoms with Crippen LogP contribution in [0.4, 0.5) is 4.39 Å². The van der Waals surface area contributed by atoms with Crippen LogP contribution in [-0.4, -0.2) is 42.9 Å². The first-order chi connectivity index (χ1) is 13.8. The highest BCUT2D eigenvalue weighted by atomic mass is 19.1. The zero-order valence-electron chi connectivity index (χ0n) is 17.0. The number of nitrogens with one attached hydrogen (secondary N) is 1. The van der Waals surface area contributed by atoms with E-state index in [0.29, 0.717) is 50.4 Å². The Balaban J connectivity index is 1.81. The number of ketones is 1. The van der Waals surface area contributed by atoms with Crippen molar-refractivity contribution in [1.29, 1.82) is 0 Å². The molecule has 4 rings (SSSR count). The molecule has 0 aromatic heterocycles. The third-order valence-corrected chi connectivity index (χ3v) is 6.07. The van der Waals surface area contributed by atoms with E-state index in [2.05, 4.69) is 25.7 Å². The van der Waals surface area contributed by atoms with E-state index in [-0.39, 0.29) is 22.9 Å². The van der Waals surface area contributed by atoms with E-state index in [1.807, 2.05) is 0 Å². The lowest BCUT2D eigenvalue weighted by Gasteiger charge is -2.44. The largest absolute Gasteiger partial charge is 0.378 e. The third-order valence-electron chi connectivity index (χ3n) is 6.07. The molecule has 6 heteroatoms. The number of carbonyl (C=O) groups excluding carboxylic acids is 2. The van der Waals surface area contributed by atoms with E-state index < -0.39 is 11.8 Å². The molecule has 1 aromatic carbocycles. The average Bonchev–Trinajstić information content (AvgIpc) is 2.67. The molecule has 1 fully saturated rings. The number of Topliss-reactive ketones (excluding diaryl/α,β-unsaturated/α-hetero) is 1. The predicted molar refractivity (Wildman–Crippen MR) is 107 cm³/mol. The Bertz CT molecular complexity index is 882. The summed E-state index contributed by atoms with van der Waals surface area (Å²) in [6, 6.07) is 6.12. The lowest BCUT2D eigenvalue weighted by molar-refractivity contribution is -0.139. The first-order valence-electron chi connectivity index (χ1n) is 10.1. The second-order valence-corrected chi connectivity index (χ2v) is 8.93. The zero-order chi connectivity index (χ0) is 20.8. The minimum atomic E-state index is -0.609. The smallest absolute Gasteiger partial charge is 0.232 e. The van der Waals surface area contributed by atoms with Crippen LogP contribution in [0.3, 0.4) is 0 Å². The normalized spacial score (nSPS) is 26.8. The number of nitrogens with zero attached hydrogens (tertiary/aromatic N) is 1. The summed E-state index contributed by atoms with van der Waals surface area (Å²) in [6.07, 6.45) is 1.14. The molecule has 1 aromatic rings. The first kappa shape index (κ1) is 19.8. The van der Waals surface area contributed by atoms with Gasteiger partial charge in [-0.3, -0.25) is 9.59 Å². The van der Waals surface area contributed by atoms with Crippen LogP contribution in [0.1, 0.15) is 38.2 Å². The van der Waals surface area contributed by atoms with Gasteiger partial charge in [0.15, 0.2) is 5.78 Å². The van der Waals surface area contributed by atoms with Crippen molar-refractivity contribution < 1.29 is 18.7 Å². The fourth-order valence-electron chi connectivity index (χ4n) is 4.75. The SMILES string of the molecule is C=C1NC2=C(C(=O)CC(C)(C)C2)C(c2ccc(F)cc2)C1C(=O)N1CCOCC1. The molecule has 29 heavy (non-hydrogen) atoms. The Labute approximate surface area is 170 Å². The summed E-state index contributed by atoms with van der Waals surface area (Å²) in [6.45, 7) is 10.3. The van der Waals surface area contributed by atoms with E-state index in [1.165, 1.54) is 12.1 Å². The summed E-state index contributed by atoms with van der Waals surface area (Å²) in [5, 5.41) is 3.30. The summed E-state index contributed by atoms with van der Waals surface area (Å²) >= 11 is 0. The molecule has 5 nitrogen and oxygen atoms in total. The van der Waals surface area contributed by atoms with Crippen LogP contribution in [0.25, 0.3) is 0 Å². The van der Waals surface area contributed by atoms with Crippen LogP contribution < -0.4 is 5.32 Å². The van der Waals surface area contributed by atoms with Gasteiger partial charge >= 0.3 is 0 Å². The fraction of sp³-hybridized carbons (Fsp3) is 0.478. The number of benzene rings is 1. The van der Waals surface area contributed by atoms with Gasteiger partial charge in [-0.1, -0.05) is 32.6 Å². The summed E-state index contributed by atoms with van der Waals surface area (Å²) in [7, 11) is 0. The van der Waals surface area contributed by atoms with Crippen LogP contribution in [0.2, 0.25) is 0 Å². The molecule has 1 aliphatic carbocycles. The highest BCUT2D eigenvalue weighted by Gasteiger charge is 2.47. The molecule has 1 saturated heterocycles. The summed E-state index contributed by atoms with van der Waals surface area (Å²) in [5.41, 5.74) is 2.70. The van der Waals surface area contributed by atoms with Gasteiger partial charge in [-0.15, -0.1) is 0 Å². The van der Waals surface area contributed by atoms with Crippen LogP contribution in [0.15, 0.2) is 47.8 Å². The van der Waals surface area contributed by atoms with Crippen LogP contribution in [-0.2, 0) is 14.3 Å². The maximum atomic E-state index is 13.6. The van der Waals surface area contributed by atoms with Crippen molar-refractivity contribution in [2.75, 3.05) is 26.3 Å². The van der Waals surface area contributed by atoms with Gasteiger partial charge in [0.25, 0.3) is 0 Å². The van der Waals surface area contributed by atoms with Crippen LogP contribution >= 0.6 is 0 Å². The Hall–Kier alpha value is -2.47. The molecular weight excluding hydrogens is 371 g/mol. The number of hydrogen-bond donors (Lipinski definition) is 1. The van der Waals surface area contributed by atoms with Crippen molar-refractivity contribution in [1.82, 2.24) is 10.2 Å². The molecule has 2 atom stereocenters. The molecule has 0 radical (unpaired) electrons. The van der Waals surface area contributed by atoms with Crippen molar-refractivity contribution >= 4 is 11.7 Å². The van der Waals surface area contributed by atoms with E-state index in [1.54, 1.807) is 17.0 Å². The highest BCUT2D eigenvalue weighted by molar-refractivity contribution is 6.01. The summed E-state index contributed by atoms with van der Waals surface area (Å²) in [4.78, 5) is 28.5. The molecule has 1 amide bonds. The minimum Gasteiger partial charge on any atom is -0.378 e. The maximum Gasteiger partial charge on any atom is 0.232 e. The molecule has 0 saturated carbocycles. The van der Waals surface area contributed by atoms with Gasteiger partial charge in [0.2, 0.25) is 5.91 Å². The van der Waals surface area contributed by atoms with E-state index >= 15 is 0 Å². The van der Waals surface area contributed by atoms with Gasteiger partial charge in [0.1, 0.15) is 5.82 Å². The number of amides is 1. The third kappa shape index (κ3) is 3.73. The van der Waals surface area contributed by atoms with E-state index in [0.717, 1.165) is 11.3 Å². The monoisotopic (exact) mass is 398 g/mol. The van der Waals surface area contributed by atoms with Crippen molar-refractivity contribution in [2.24, 2.45) is 11.3 Å². The number of allylic oxidation sites excluding steroid dienone is 2. The van der Waals surface area contributed by atoms with Crippen molar-refractivity contribution in [2.45, 2.75) is 32.6 Å². The minimum absolute atomic E-state index is 0.0466. The standard InChI is InChI=1S/C23H27FN2O3/c1-14-19(22(28)26-8-10-29-11-9-26)20(15-4-6-16(24)7-5-15)21-17(25-14)12-23(2,3)13-18(21)27/h4-7,19-20,25H,1,8-13H2,2-3H3. The number of ether oxygens (including phenoxy) is 1. The Kier molecular flexibility index (Phi) is 5.07. The van der Waals surface area contributed by atoms with Crippen LogP contribution in [0.5, 0.6) is 0 Å². The molecule has 1 N–H and O–H groups in total. The van der Waals surface area contributed by atoms with Gasteiger partial charge in [-0.05, 0) is 29.5 Å². The summed E-state index contributed by atoms with van der Waals surface area (Å²) in [5.74, 6) is -1.43. The second-order valence-electron chi connectivity index (χ2n) is 8.93. The number of morpholine rings is 1. The van der Waals surface area contributed by atoms with Gasteiger partial charge in [0, 0.05) is 42.4 Å². The zero-order valence-corrected chi connectivity index (χ0v) is 17.0. The van der Waals surface area contributed by atoms with Crippen molar-refractivity contribution in [3.05, 3.63) is 59.2 Å². The van der Waals surface area contributed by atoms with E-state index in [4.69, 9.17) is 4.74 Å². The Morgan fingerprint density at radius 3 is 2.52 bits per heavy atom. The van der Waals surface area contributed by atoms with Crippen molar-refractivity contribution in [3.8, 4) is 0 Å². The Morgan fingerprint density at radius 1 is 1.21 bits per heavy atom. The topological polar surface area (TPSA) is 58.6 Å². The molecule has 2 heterocycles. The van der Waals surface area contributed by atoms with Gasteiger partial charge in [0.05, 0.1) is 19.1 Å². The molecular formula is C23H27FN2O3. The summed E-state index contributed by atoms with van der Waals surface area (Å²) < 4.78 is 19.0. The maximum absolute atomic E-state index is 13.6. The van der Waals surface area contributed by atoms with Gasteiger partial charge in [-0.2, -0.15) is 0 Å². The quantitative estimate of drug-likeness (QED) is 0.832. The second kappa shape index (κ2) is 7.41. The molecule has 2 aliphatic heterocycles. The van der Waals surface area contributed by atoms with Gasteiger partial charge < -0.3 is 15.0 Å². The molecule has 3 aliphatic rings. The predicted octanol–water partition coefficient (Wildman–Crippen LogP) is 3.14. The lowest BCUT2D eigenvalue weighted by Crippen LogP contribution is -2.50. The fourth-order valence-corrected chi connectivity index (χ4v) is 4.75. The molecule has 0 spiro atoms. The van der Waals surface area contributed by atoms with Gasteiger partial charge in [-0.25, -0.2) is 4.39 Å². The highest BCUT2D eigenvalue weighted by Crippen LogP contribution is 2.48. The molecule has 0 bridgehead atoms. The Morgan fingerprint density at radius 2 is 1.86 bits per heavy atom. The number of halogens is 1. The number of carbonyl (C=O) groups is 2. The number of rotatable bonds is 2. The number of hydrogen-bond acceptors (Lipinski definition) is 4.